The number of hydrogen-bond acceptors (Lipinski definition) is 18. The molecule has 0 bridgehead atoms. The molecule has 4 aromatic rings. The lowest BCUT2D eigenvalue weighted by Gasteiger charge is -2.26. The highest BCUT2D eigenvalue weighted by Gasteiger charge is 2.22. The Morgan fingerprint density at radius 2 is 0.903 bits per heavy atom. The third-order valence-corrected chi connectivity index (χ3v) is 10.2. The van der Waals surface area contributed by atoms with E-state index in [1.54, 1.807) is 11.8 Å². The van der Waals surface area contributed by atoms with Crippen LogP contribution in [-0.2, 0) is 68.2 Å². The standard InChI is InChI=1S/C52H70N6O14/c1-43-54-56-52(57-55-43)46-12-14-48(15-13-46)72-41-40-71-39-38-70-37-36-69-35-34-68-33-32-67-31-30-66-29-28-65-27-26-64-25-24-63-23-22-62-21-20-61-19-18-53-50(59)16-17-51(60)58-42-47-8-3-2-6-44(47)10-11-45-7-4-5-9-49(45)58/h2-9,12-15H,16-42H2,1H3,(H,53,59). The molecular weight excluding hydrogens is 933 g/mol. The van der Waals surface area contributed by atoms with Crippen LogP contribution in [-0.4, -0.2) is 191 Å². The molecule has 1 aliphatic heterocycles. The van der Waals surface area contributed by atoms with Crippen molar-refractivity contribution in [1.82, 2.24) is 25.7 Å². The number of amides is 2. The molecular formula is C52H70N6O14. The van der Waals surface area contributed by atoms with Crippen LogP contribution in [0.25, 0.3) is 11.4 Å². The minimum absolute atomic E-state index is 0.0816. The second kappa shape index (κ2) is 37.2. The van der Waals surface area contributed by atoms with Crippen LogP contribution < -0.4 is 15.0 Å². The average molecular weight is 1000 g/mol. The number of nitrogens with zero attached hydrogens (tertiary/aromatic N) is 5. The van der Waals surface area contributed by atoms with Gasteiger partial charge in [-0.1, -0.05) is 42.2 Å². The topological polar surface area (TPSA) is 212 Å². The predicted molar refractivity (Wildman–Crippen MR) is 265 cm³/mol. The zero-order valence-corrected chi connectivity index (χ0v) is 41.5. The van der Waals surface area contributed by atoms with Crippen molar-refractivity contribution in [2.24, 2.45) is 0 Å². The SMILES string of the molecule is Cc1nnc(-c2ccc(OCCOCCOCCOCCOCCOCCOCCOCCOCCOCCOCCOCCNC(=O)CCC(=O)N3Cc4ccccc4C#Cc4ccccc43)cc2)nn1. The Bertz CT molecular complexity index is 2140. The maximum absolute atomic E-state index is 13.3. The Labute approximate surface area is 422 Å². The first-order chi connectivity index (χ1) is 35.6. The minimum Gasteiger partial charge on any atom is -0.491 e. The molecule has 2 amide bonds. The Hall–Kier alpha value is -5.54. The van der Waals surface area contributed by atoms with Crippen LogP contribution >= 0.6 is 0 Å². The summed E-state index contributed by atoms with van der Waals surface area (Å²) >= 11 is 0. The van der Waals surface area contributed by atoms with Crippen LogP contribution in [0.3, 0.4) is 0 Å². The summed E-state index contributed by atoms with van der Waals surface area (Å²) < 4.78 is 66.6. The number of hydrogen-bond donors (Lipinski definition) is 1. The van der Waals surface area contributed by atoms with Gasteiger partial charge in [-0.25, -0.2) is 0 Å². The van der Waals surface area contributed by atoms with Crippen LogP contribution in [0, 0.1) is 18.8 Å². The smallest absolute Gasteiger partial charge is 0.227 e. The highest BCUT2D eigenvalue weighted by atomic mass is 16.6. The van der Waals surface area contributed by atoms with Gasteiger partial charge < -0.3 is 67.1 Å². The van der Waals surface area contributed by atoms with Gasteiger partial charge in [-0.05, 0) is 55.0 Å². The lowest BCUT2D eigenvalue weighted by atomic mass is 10.0. The first-order valence-electron chi connectivity index (χ1n) is 24.5. The van der Waals surface area contributed by atoms with Gasteiger partial charge in [0.2, 0.25) is 17.6 Å². The molecule has 20 nitrogen and oxygen atoms in total. The second-order valence-electron chi connectivity index (χ2n) is 15.6. The molecule has 392 valence electrons. The number of nitrogens with one attached hydrogen (secondary N) is 1. The van der Waals surface area contributed by atoms with E-state index >= 15 is 0 Å². The first kappa shape index (κ1) is 57.4. The van der Waals surface area contributed by atoms with Gasteiger partial charge in [0.15, 0.2) is 5.82 Å². The second-order valence-corrected chi connectivity index (χ2v) is 15.6. The van der Waals surface area contributed by atoms with Gasteiger partial charge in [-0.2, -0.15) is 0 Å². The zero-order valence-electron chi connectivity index (χ0n) is 41.5. The third-order valence-electron chi connectivity index (χ3n) is 10.2. The lowest BCUT2D eigenvalue weighted by molar-refractivity contribution is -0.125. The molecule has 0 aliphatic carbocycles. The molecule has 0 spiro atoms. The van der Waals surface area contributed by atoms with E-state index < -0.39 is 0 Å². The highest BCUT2D eigenvalue weighted by molar-refractivity contribution is 5.96. The third kappa shape index (κ3) is 24.7. The first-order valence-corrected chi connectivity index (χ1v) is 24.5. The van der Waals surface area contributed by atoms with Crippen molar-refractivity contribution in [3.63, 3.8) is 0 Å². The summed E-state index contributed by atoms with van der Waals surface area (Å²) in [4.78, 5) is 27.5. The Morgan fingerprint density at radius 1 is 0.486 bits per heavy atom. The van der Waals surface area contributed by atoms with Crippen molar-refractivity contribution >= 4 is 17.5 Å². The number of carbonyl (C=O) groups excluding carboxylic acids is 2. The van der Waals surface area contributed by atoms with E-state index in [1.165, 1.54) is 0 Å². The lowest BCUT2D eigenvalue weighted by Crippen LogP contribution is -2.34. The van der Waals surface area contributed by atoms with Gasteiger partial charge in [0.25, 0.3) is 0 Å². The summed E-state index contributed by atoms with van der Waals surface area (Å²) in [5.41, 5.74) is 4.21. The largest absolute Gasteiger partial charge is 0.491 e. The fourth-order valence-electron chi connectivity index (χ4n) is 6.53. The number of aromatic nitrogens is 4. The summed E-state index contributed by atoms with van der Waals surface area (Å²) in [6.45, 7) is 12.9. The highest BCUT2D eigenvalue weighted by Crippen LogP contribution is 2.26. The number of benzene rings is 3. The average Bonchev–Trinajstić information content (AvgIpc) is 3.40. The fourth-order valence-corrected chi connectivity index (χ4v) is 6.53. The molecule has 0 unspecified atom stereocenters. The maximum atomic E-state index is 13.3. The molecule has 0 fully saturated rings. The van der Waals surface area contributed by atoms with E-state index in [2.05, 4.69) is 37.6 Å². The molecule has 2 heterocycles. The van der Waals surface area contributed by atoms with Crippen molar-refractivity contribution in [2.45, 2.75) is 26.3 Å². The maximum Gasteiger partial charge on any atom is 0.227 e. The van der Waals surface area contributed by atoms with Gasteiger partial charge in [0.05, 0.1) is 158 Å². The summed E-state index contributed by atoms with van der Waals surface area (Å²) in [7, 11) is 0. The molecule has 0 radical (unpaired) electrons. The van der Waals surface area contributed by atoms with Crippen molar-refractivity contribution in [2.75, 3.05) is 163 Å². The van der Waals surface area contributed by atoms with Crippen molar-refractivity contribution in [1.29, 1.82) is 0 Å². The molecule has 5 rings (SSSR count). The number of para-hydroxylation sites is 1. The normalized spacial score (nSPS) is 11.8. The molecule has 1 aliphatic rings. The van der Waals surface area contributed by atoms with Gasteiger partial charge in [-0.15, -0.1) is 20.4 Å². The summed E-state index contributed by atoms with van der Waals surface area (Å²) in [6, 6.07) is 22.8. The summed E-state index contributed by atoms with van der Waals surface area (Å²) in [5, 5.41) is 18.7. The fraction of sp³-hybridized carbons (Fsp3) is 0.538. The van der Waals surface area contributed by atoms with Crippen LogP contribution in [0.1, 0.15) is 35.4 Å². The Morgan fingerprint density at radius 3 is 1.40 bits per heavy atom. The van der Waals surface area contributed by atoms with Crippen molar-refractivity contribution in [3.05, 3.63) is 95.3 Å². The van der Waals surface area contributed by atoms with E-state index in [0.29, 0.717) is 177 Å². The molecule has 20 heteroatoms. The molecule has 1 N–H and O–H groups in total. The molecule has 1 aromatic heterocycles. The Kier molecular flexibility index (Phi) is 29.7. The number of rotatable bonds is 41. The van der Waals surface area contributed by atoms with E-state index in [9.17, 15) is 9.59 Å². The monoisotopic (exact) mass is 1000 g/mol. The molecule has 0 atom stereocenters. The molecule has 72 heavy (non-hydrogen) atoms. The summed E-state index contributed by atoms with van der Waals surface area (Å²) in [5.74, 6) is 7.79. The van der Waals surface area contributed by atoms with E-state index in [0.717, 1.165) is 33.7 Å². The molecule has 3 aromatic carbocycles. The molecule has 0 saturated carbocycles. The number of aryl methyl sites for hydroxylation is 1. The zero-order chi connectivity index (χ0) is 50.4. The van der Waals surface area contributed by atoms with Crippen LogP contribution in [0.5, 0.6) is 5.75 Å². The minimum atomic E-state index is -0.204. The quantitative estimate of drug-likeness (QED) is 0.0497. The van der Waals surface area contributed by atoms with Crippen LogP contribution in [0.2, 0.25) is 0 Å². The van der Waals surface area contributed by atoms with Crippen LogP contribution in [0.4, 0.5) is 5.69 Å². The van der Waals surface area contributed by atoms with Gasteiger partial charge >= 0.3 is 0 Å². The van der Waals surface area contributed by atoms with E-state index in [4.69, 9.17) is 56.8 Å². The van der Waals surface area contributed by atoms with Gasteiger partial charge in [-0.3, -0.25) is 9.59 Å². The van der Waals surface area contributed by atoms with Crippen molar-refractivity contribution in [3.8, 4) is 29.0 Å². The van der Waals surface area contributed by atoms with Crippen molar-refractivity contribution < 1.29 is 66.4 Å². The molecule has 0 saturated heterocycles. The number of carbonyl (C=O) groups is 2. The predicted octanol–water partition coefficient (Wildman–Crippen LogP) is 3.65. The van der Waals surface area contributed by atoms with E-state index in [-0.39, 0.29) is 24.7 Å². The number of fused-ring (bicyclic) bond motifs is 2. The summed E-state index contributed by atoms with van der Waals surface area (Å²) in [6.07, 6.45) is 0.165. The van der Waals surface area contributed by atoms with Gasteiger partial charge in [0, 0.05) is 36.1 Å². The van der Waals surface area contributed by atoms with E-state index in [1.807, 2.05) is 72.8 Å². The number of ether oxygens (including phenoxy) is 12. The Balaban J connectivity index is 0.674. The van der Waals surface area contributed by atoms with Gasteiger partial charge in [0.1, 0.15) is 12.4 Å². The number of anilines is 1. The van der Waals surface area contributed by atoms with Crippen LogP contribution in [0.15, 0.2) is 72.8 Å².